The maximum atomic E-state index is 12.3. The van der Waals surface area contributed by atoms with Gasteiger partial charge in [0, 0.05) is 28.0 Å². The molecule has 3 aromatic rings. The van der Waals surface area contributed by atoms with Crippen LogP contribution < -0.4 is 5.43 Å². The fourth-order valence-electron chi connectivity index (χ4n) is 1.99. The average Bonchev–Trinajstić information content (AvgIpc) is 2.90. The molecule has 0 fully saturated rings. The first-order valence-corrected chi connectivity index (χ1v) is 7.78. The predicted molar refractivity (Wildman–Crippen MR) is 90.7 cm³/mol. The van der Waals surface area contributed by atoms with Gasteiger partial charge in [0.05, 0.1) is 10.7 Å². The maximum Gasteiger partial charge on any atom is 0.283 e. The molecular weight excluding hydrogens is 318 g/mol. The highest BCUT2D eigenvalue weighted by Crippen LogP contribution is 2.34. The summed E-state index contributed by atoms with van der Waals surface area (Å²) in [7, 11) is 0. The molecule has 0 saturated heterocycles. The molecule has 6 heteroatoms. The first kappa shape index (κ1) is 14.7. The summed E-state index contributed by atoms with van der Waals surface area (Å²) < 4.78 is 0.977. The number of carbonyl (C=O) groups excluding carboxylic acids is 1. The van der Waals surface area contributed by atoms with E-state index in [-0.39, 0.29) is 5.91 Å². The summed E-state index contributed by atoms with van der Waals surface area (Å²) in [6.07, 6.45) is 3.38. The van der Waals surface area contributed by atoms with Crippen molar-refractivity contribution in [2.24, 2.45) is 5.10 Å². The van der Waals surface area contributed by atoms with Gasteiger partial charge in [0.1, 0.15) is 4.88 Å². The van der Waals surface area contributed by atoms with E-state index in [0.29, 0.717) is 15.6 Å². The number of hydrogen-bond acceptors (Lipinski definition) is 4. The van der Waals surface area contributed by atoms with Gasteiger partial charge in [0.15, 0.2) is 0 Å². The number of fused-ring (bicyclic) bond motifs is 1. The van der Waals surface area contributed by atoms with Gasteiger partial charge in [-0.1, -0.05) is 35.9 Å². The summed E-state index contributed by atoms with van der Waals surface area (Å²) in [6, 6.07) is 11.3. The molecule has 110 valence electrons. The zero-order valence-electron chi connectivity index (χ0n) is 11.7. The van der Waals surface area contributed by atoms with Crippen molar-refractivity contribution in [1.29, 1.82) is 0 Å². The van der Waals surface area contributed by atoms with Crippen molar-refractivity contribution in [3.63, 3.8) is 0 Å². The van der Waals surface area contributed by atoms with Crippen molar-refractivity contribution in [1.82, 2.24) is 10.4 Å². The Balaban J connectivity index is 1.83. The van der Waals surface area contributed by atoms with Gasteiger partial charge < -0.3 is 0 Å². The molecule has 0 saturated carbocycles. The molecule has 1 N–H and O–H groups in total. The van der Waals surface area contributed by atoms with Crippen molar-refractivity contribution in [3.05, 3.63) is 64.3 Å². The molecule has 0 aliphatic rings. The number of amides is 1. The van der Waals surface area contributed by atoms with Gasteiger partial charge in [0.2, 0.25) is 0 Å². The summed E-state index contributed by atoms with van der Waals surface area (Å²) in [5, 5.41) is 5.45. The molecule has 0 aliphatic heterocycles. The maximum absolute atomic E-state index is 12.3. The lowest BCUT2D eigenvalue weighted by molar-refractivity contribution is 0.0959. The van der Waals surface area contributed by atoms with Crippen LogP contribution in [0.1, 0.15) is 22.2 Å². The van der Waals surface area contributed by atoms with Crippen LogP contribution in [0.4, 0.5) is 0 Å². The minimum Gasteiger partial charge on any atom is -0.266 e. The van der Waals surface area contributed by atoms with Crippen LogP contribution in [0.5, 0.6) is 0 Å². The SMILES string of the molecule is C/C(=N\NC(=O)c1sc2ccccc2c1Cl)c1cccnc1. The third kappa shape index (κ3) is 2.86. The topological polar surface area (TPSA) is 54.4 Å². The Kier molecular flexibility index (Phi) is 4.18. The molecule has 0 atom stereocenters. The van der Waals surface area contributed by atoms with Crippen molar-refractivity contribution in [2.45, 2.75) is 6.92 Å². The molecule has 1 aromatic carbocycles. The van der Waals surface area contributed by atoms with E-state index >= 15 is 0 Å². The second-order valence-corrected chi connectivity index (χ2v) is 6.05. The number of hydrogen-bond donors (Lipinski definition) is 1. The third-order valence-corrected chi connectivity index (χ3v) is 4.82. The number of halogens is 1. The first-order chi connectivity index (χ1) is 10.7. The van der Waals surface area contributed by atoms with Crippen molar-refractivity contribution in [2.75, 3.05) is 0 Å². The van der Waals surface area contributed by atoms with E-state index < -0.39 is 0 Å². The number of pyridine rings is 1. The van der Waals surface area contributed by atoms with Crippen molar-refractivity contribution < 1.29 is 4.79 Å². The number of rotatable bonds is 3. The fraction of sp³-hybridized carbons (Fsp3) is 0.0625. The van der Waals surface area contributed by atoms with Gasteiger partial charge in [-0.05, 0) is 19.1 Å². The van der Waals surface area contributed by atoms with Gasteiger partial charge in [-0.2, -0.15) is 5.10 Å². The van der Waals surface area contributed by atoms with Gasteiger partial charge in [-0.3, -0.25) is 9.78 Å². The molecule has 0 unspecified atom stereocenters. The van der Waals surface area contributed by atoms with Crippen molar-refractivity contribution in [3.8, 4) is 0 Å². The number of carbonyl (C=O) groups is 1. The largest absolute Gasteiger partial charge is 0.283 e. The molecule has 22 heavy (non-hydrogen) atoms. The number of benzene rings is 1. The van der Waals surface area contributed by atoms with Crippen LogP contribution in [0.3, 0.4) is 0 Å². The molecule has 3 rings (SSSR count). The Hall–Kier alpha value is -2.24. The summed E-state index contributed by atoms with van der Waals surface area (Å²) in [5.41, 5.74) is 4.08. The van der Waals surface area contributed by atoms with E-state index in [1.807, 2.05) is 43.3 Å². The molecule has 2 heterocycles. The second kappa shape index (κ2) is 6.25. The molecule has 2 aromatic heterocycles. The quantitative estimate of drug-likeness (QED) is 0.581. The molecule has 1 amide bonds. The Morgan fingerprint density at radius 1 is 1.27 bits per heavy atom. The van der Waals surface area contributed by atoms with E-state index in [4.69, 9.17) is 11.6 Å². The summed E-state index contributed by atoms with van der Waals surface area (Å²) >= 11 is 7.63. The van der Waals surface area contributed by atoms with Crippen LogP contribution in [-0.4, -0.2) is 16.6 Å². The smallest absolute Gasteiger partial charge is 0.266 e. The lowest BCUT2D eigenvalue weighted by Crippen LogP contribution is -2.18. The molecule has 0 radical (unpaired) electrons. The fourth-order valence-corrected chi connectivity index (χ4v) is 3.39. The first-order valence-electron chi connectivity index (χ1n) is 6.59. The van der Waals surface area contributed by atoms with E-state index in [0.717, 1.165) is 15.6 Å². The highest BCUT2D eigenvalue weighted by atomic mass is 35.5. The summed E-state index contributed by atoms with van der Waals surface area (Å²) in [6.45, 7) is 1.81. The van der Waals surface area contributed by atoms with Crippen molar-refractivity contribution >= 4 is 44.6 Å². The van der Waals surface area contributed by atoms with E-state index in [2.05, 4.69) is 15.5 Å². The average molecular weight is 330 g/mol. The Bertz CT molecular complexity index is 858. The lowest BCUT2D eigenvalue weighted by Gasteiger charge is -2.01. The Morgan fingerprint density at radius 2 is 2.09 bits per heavy atom. The van der Waals surface area contributed by atoms with Crippen LogP contribution in [0.25, 0.3) is 10.1 Å². The molecule has 0 aliphatic carbocycles. The zero-order chi connectivity index (χ0) is 15.5. The predicted octanol–water partition coefficient (Wildman–Crippen LogP) is 4.10. The molecule has 4 nitrogen and oxygen atoms in total. The lowest BCUT2D eigenvalue weighted by atomic mass is 10.2. The molecule has 0 spiro atoms. The number of hydrazone groups is 1. The van der Waals surface area contributed by atoms with Crippen LogP contribution in [0.15, 0.2) is 53.9 Å². The summed E-state index contributed by atoms with van der Waals surface area (Å²) in [4.78, 5) is 16.7. The van der Waals surface area contributed by atoms with Crippen LogP contribution in [-0.2, 0) is 0 Å². The minimum absolute atomic E-state index is 0.311. The van der Waals surface area contributed by atoms with Gasteiger partial charge in [0.25, 0.3) is 5.91 Å². The molecule has 0 bridgehead atoms. The van der Waals surface area contributed by atoms with E-state index in [1.165, 1.54) is 11.3 Å². The normalized spacial score (nSPS) is 11.6. The zero-order valence-corrected chi connectivity index (χ0v) is 13.3. The number of aromatic nitrogens is 1. The van der Waals surface area contributed by atoms with E-state index in [1.54, 1.807) is 12.4 Å². The van der Waals surface area contributed by atoms with Gasteiger partial charge in [-0.15, -0.1) is 11.3 Å². The van der Waals surface area contributed by atoms with Gasteiger partial charge >= 0.3 is 0 Å². The number of nitrogens with zero attached hydrogens (tertiary/aromatic N) is 2. The van der Waals surface area contributed by atoms with Gasteiger partial charge in [-0.25, -0.2) is 5.43 Å². The monoisotopic (exact) mass is 329 g/mol. The highest BCUT2D eigenvalue weighted by Gasteiger charge is 2.16. The highest BCUT2D eigenvalue weighted by molar-refractivity contribution is 7.21. The van der Waals surface area contributed by atoms with Crippen LogP contribution in [0.2, 0.25) is 5.02 Å². The Labute approximate surface area is 136 Å². The summed E-state index contributed by atoms with van der Waals surface area (Å²) in [5.74, 6) is -0.311. The van der Waals surface area contributed by atoms with E-state index in [9.17, 15) is 4.79 Å². The van der Waals surface area contributed by atoms with Crippen LogP contribution in [0, 0.1) is 0 Å². The number of thiophene rings is 1. The standard InChI is InChI=1S/C16H12ClN3OS/c1-10(11-5-4-8-18-9-11)19-20-16(21)15-14(17)12-6-2-3-7-13(12)22-15/h2-9H,1H3,(H,20,21)/b19-10+. The Morgan fingerprint density at radius 3 is 2.82 bits per heavy atom. The molecular formula is C16H12ClN3OS. The van der Waals surface area contributed by atoms with Crippen LogP contribution >= 0.6 is 22.9 Å². The minimum atomic E-state index is -0.311. The third-order valence-electron chi connectivity index (χ3n) is 3.15. The number of nitrogens with one attached hydrogen (secondary N) is 1. The second-order valence-electron chi connectivity index (χ2n) is 4.62.